The number of nitrogens with one attached hydrogen (secondary N) is 1. The van der Waals surface area contributed by atoms with Gasteiger partial charge in [-0.3, -0.25) is 30.3 Å². The summed E-state index contributed by atoms with van der Waals surface area (Å²) in [4.78, 5) is 41.1. The third-order valence-electron chi connectivity index (χ3n) is 3.27. The highest BCUT2D eigenvalue weighted by atomic mass is 16.6. The van der Waals surface area contributed by atoms with Gasteiger partial charge >= 0.3 is 23.0 Å². The molecule has 2 rings (SSSR count). The Labute approximate surface area is 143 Å². The van der Waals surface area contributed by atoms with Gasteiger partial charge in [-0.05, 0) is 24.3 Å². The summed E-state index contributed by atoms with van der Waals surface area (Å²) in [6.45, 7) is 0. The predicted molar refractivity (Wildman–Crippen MR) is 87.5 cm³/mol. The van der Waals surface area contributed by atoms with E-state index in [1.54, 1.807) is 0 Å². The Morgan fingerprint density at radius 2 is 1.50 bits per heavy atom. The van der Waals surface area contributed by atoms with E-state index in [1.807, 2.05) is 0 Å². The molecule has 0 fully saturated rings. The number of hydrogen-bond donors (Lipinski definition) is 3. The fourth-order valence-electron chi connectivity index (χ4n) is 2.11. The number of carboxylic acid groups (broad SMARTS) is 1. The summed E-state index contributed by atoms with van der Waals surface area (Å²) in [5.74, 6) is -1.21. The highest BCUT2D eigenvalue weighted by molar-refractivity contribution is 5.92. The number of hydrogen-bond acceptors (Lipinski definition) is 9. The normalized spacial score (nSPS) is 10.2. The van der Waals surface area contributed by atoms with Crippen LogP contribution in [-0.2, 0) is 0 Å². The van der Waals surface area contributed by atoms with Crippen LogP contribution in [0.5, 0.6) is 0 Å². The zero-order valence-corrected chi connectivity index (χ0v) is 12.6. The fraction of sp³-hybridized carbons (Fsp3) is 0. The van der Waals surface area contributed by atoms with Gasteiger partial charge in [0.05, 0.1) is 26.4 Å². The number of anilines is 3. The maximum Gasteiger partial charge on any atom is 0.335 e. The van der Waals surface area contributed by atoms with E-state index in [1.165, 1.54) is 12.1 Å². The molecular formula is C13H9N5O8. The van der Waals surface area contributed by atoms with Crippen molar-refractivity contribution in [2.24, 2.45) is 0 Å². The second kappa shape index (κ2) is 6.68. The molecule has 2 aromatic rings. The number of carboxylic acids is 1. The molecule has 13 heteroatoms. The summed E-state index contributed by atoms with van der Waals surface area (Å²) >= 11 is 0. The van der Waals surface area contributed by atoms with Gasteiger partial charge in [0, 0.05) is 5.69 Å². The van der Waals surface area contributed by atoms with Crippen molar-refractivity contribution < 1.29 is 24.7 Å². The number of nitrogens with two attached hydrogens (primary N) is 1. The minimum absolute atomic E-state index is 0.0782. The number of nitro groups is 3. The molecule has 0 atom stereocenters. The van der Waals surface area contributed by atoms with Crippen LogP contribution in [0.2, 0.25) is 0 Å². The molecule has 134 valence electrons. The van der Waals surface area contributed by atoms with E-state index in [0.29, 0.717) is 6.07 Å². The Morgan fingerprint density at radius 1 is 0.962 bits per heavy atom. The number of nitro benzene ring substituents is 3. The van der Waals surface area contributed by atoms with E-state index in [9.17, 15) is 35.1 Å². The highest BCUT2D eigenvalue weighted by Crippen LogP contribution is 2.45. The molecule has 0 amide bonds. The fourth-order valence-corrected chi connectivity index (χ4v) is 2.11. The van der Waals surface area contributed by atoms with Crippen molar-refractivity contribution in [2.75, 3.05) is 11.1 Å². The highest BCUT2D eigenvalue weighted by Gasteiger charge is 2.35. The number of nitrogens with zero attached hydrogens (tertiary/aromatic N) is 3. The first-order valence-electron chi connectivity index (χ1n) is 6.63. The Morgan fingerprint density at radius 3 is 1.92 bits per heavy atom. The average molecular weight is 363 g/mol. The van der Waals surface area contributed by atoms with E-state index in [-0.39, 0.29) is 11.3 Å². The van der Waals surface area contributed by atoms with Gasteiger partial charge in [0.25, 0.3) is 0 Å². The average Bonchev–Trinajstić information content (AvgIpc) is 2.54. The SMILES string of the molecule is Nc1c([N+](=O)[O-])cc([N+](=O)[O-])c(Nc2ccc(C(=O)O)cc2)c1[N+](=O)[O-]. The largest absolute Gasteiger partial charge is 0.478 e. The van der Waals surface area contributed by atoms with E-state index in [0.717, 1.165) is 12.1 Å². The van der Waals surface area contributed by atoms with E-state index < -0.39 is 49.2 Å². The molecule has 0 spiro atoms. The van der Waals surface area contributed by atoms with Gasteiger partial charge in [0.15, 0.2) is 11.4 Å². The van der Waals surface area contributed by atoms with Crippen LogP contribution in [0.1, 0.15) is 10.4 Å². The number of benzene rings is 2. The van der Waals surface area contributed by atoms with Gasteiger partial charge in [-0.25, -0.2) is 4.79 Å². The topological polar surface area (TPSA) is 205 Å². The molecule has 13 nitrogen and oxygen atoms in total. The maximum absolute atomic E-state index is 11.3. The molecule has 0 radical (unpaired) electrons. The molecule has 4 N–H and O–H groups in total. The number of rotatable bonds is 6. The van der Waals surface area contributed by atoms with Crippen molar-refractivity contribution in [3.63, 3.8) is 0 Å². The van der Waals surface area contributed by atoms with Crippen LogP contribution in [0.15, 0.2) is 30.3 Å². The van der Waals surface area contributed by atoms with Crippen molar-refractivity contribution in [2.45, 2.75) is 0 Å². The van der Waals surface area contributed by atoms with Crippen LogP contribution in [-0.4, -0.2) is 25.8 Å². The van der Waals surface area contributed by atoms with Gasteiger partial charge in [0.1, 0.15) is 0 Å². The summed E-state index contributed by atoms with van der Waals surface area (Å²) in [5.41, 5.74) is 0.992. The Kier molecular flexibility index (Phi) is 4.64. The van der Waals surface area contributed by atoms with Crippen LogP contribution < -0.4 is 11.1 Å². The number of carbonyl (C=O) groups is 1. The summed E-state index contributed by atoms with van der Waals surface area (Å²) in [7, 11) is 0. The lowest BCUT2D eigenvalue weighted by Gasteiger charge is -2.10. The molecule has 2 aromatic carbocycles. The smallest absolute Gasteiger partial charge is 0.335 e. The van der Waals surface area contributed by atoms with Gasteiger partial charge in [-0.2, -0.15) is 0 Å². The number of aromatic carboxylic acids is 1. The maximum atomic E-state index is 11.3. The first-order valence-corrected chi connectivity index (χ1v) is 6.63. The molecule has 0 unspecified atom stereocenters. The van der Waals surface area contributed by atoms with Crippen LogP contribution in [0.25, 0.3) is 0 Å². The molecule has 0 aliphatic rings. The lowest BCUT2D eigenvalue weighted by Crippen LogP contribution is -2.07. The molecule has 0 heterocycles. The summed E-state index contributed by atoms with van der Waals surface area (Å²) in [5, 5.41) is 44.7. The third-order valence-corrected chi connectivity index (χ3v) is 3.27. The first kappa shape index (κ1) is 18.1. The molecule has 0 aliphatic carbocycles. The Bertz CT molecular complexity index is 941. The van der Waals surface area contributed by atoms with Gasteiger partial charge in [0.2, 0.25) is 0 Å². The molecule has 26 heavy (non-hydrogen) atoms. The quantitative estimate of drug-likeness (QED) is 0.388. The molecule has 0 aromatic heterocycles. The van der Waals surface area contributed by atoms with E-state index in [4.69, 9.17) is 10.8 Å². The Hall–Kier alpha value is -4.29. The van der Waals surface area contributed by atoms with Crippen molar-refractivity contribution >= 4 is 40.1 Å². The summed E-state index contributed by atoms with van der Waals surface area (Å²) < 4.78 is 0. The Balaban J connectivity index is 2.67. The summed E-state index contributed by atoms with van der Waals surface area (Å²) in [6.07, 6.45) is 0. The van der Waals surface area contributed by atoms with E-state index in [2.05, 4.69) is 5.32 Å². The lowest BCUT2D eigenvalue weighted by atomic mass is 10.1. The molecular weight excluding hydrogens is 354 g/mol. The minimum atomic E-state index is -1.21. The number of nitrogen functional groups attached to an aromatic ring is 1. The van der Waals surface area contributed by atoms with Crippen LogP contribution in [0, 0.1) is 30.3 Å². The monoisotopic (exact) mass is 363 g/mol. The zero-order chi connectivity index (χ0) is 19.6. The van der Waals surface area contributed by atoms with Crippen LogP contribution in [0.4, 0.5) is 34.1 Å². The molecule has 0 bridgehead atoms. The second-order valence-corrected chi connectivity index (χ2v) is 4.83. The third kappa shape index (κ3) is 3.30. The van der Waals surface area contributed by atoms with Crippen molar-refractivity contribution in [1.29, 1.82) is 0 Å². The van der Waals surface area contributed by atoms with Gasteiger partial charge in [-0.15, -0.1) is 0 Å². The van der Waals surface area contributed by atoms with Crippen LogP contribution >= 0.6 is 0 Å². The standard InChI is InChI=1S/C13H9N5O8/c14-10-8(16(21)22)5-9(17(23)24)11(12(10)18(25)26)15-7-3-1-6(2-4-7)13(19)20/h1-5,15H,14H2,(H,19,20). The van der Waals surface area contributed by atoms with E-state index >= 15 is 0 Å². The minimum Gasteiger partial charge on any atom is -0.478 e. The van der Waals surface area contributed by atoms with Crippen molar-refractivity contribution in [3.8, 4) is 0 Å². The van der Waals surface area contributed by atoms with Gasteiger partial charge in [-0.1, -0.05) is 0 Å². The second-order valence-electron chi connectivity index (χ2n) is 4.83. The molecule has 0 saturated carbocycles. The van der Waals surface area contributed by atoms with Crippen LogP contribution in [0.3, 0.4) is 0 Å². The lowest BCUT2D eigenvalue weighted by molar-refractivity contribution is -0.400. The summed E-state index contributed by atoms with van der Waals surface area (Å²) in [6, 6.07) is 5.27. The predicted octanol–water partition coefficient (Wildman–Crippen LogP) is 2.44. The zero-order valence-electron chi connectivity index (χ0n) is 12.6. The molecule has 0 saturated heterocycles. The molecule has 0 aliphatic heterocycles. The van der Waals surface area contributed by atoms with Crippen molar-refractivity contribution in [1.82, 2.24) is 0 Å². The van der Waals surface area contributed by atoms with Gasteiger partial charge < -0.3 is 16.2 Å². The van der Waals surface area contributed by atoms with Crippen molar-refractivity contribution in [3.05, 3.63) is 66.2 Å². The first-order chi connectivity index (χ1) is 12.1.